The summed E-state index contributed by atoms with van der Waals surface area (Å²) in [6.45, 7) is 7.29. The fourth-order valence-corrected chi connectivity index (χ4v) is 5.48. The van der Waals surface area contributed by atoms with Crippen molar-refractivity contribution in [1.29, 1.82) is 0 Å². The highest BCUT2D eigenvalue weighted by Crippen LogP contribution is 2.23. The Morgan fingerprint density at radius 3 is 2.45 bits per heavy atom. The predicted molar refractivity (Wildman–Crippen MR) is 131 cm³/mol. The summed E-state index contributed by atoms with van der Waals surface area (Å²) in [6, 6.07) is 7.39. The number of amides is 2. The maximum atomic E-state index is 12.6. The van der Waals surface area contributed by atoms with Crippen molar-refractivity contribution in [3.05, 3.63) is 40.9 Å². The molecule has 2 aliphatic rings. The number of anilines is 1. The molecular formula is C25H34N4O3S. The number of thiazole rings is 1. The molecule has 2 saturated heterocycles. The van der Waals surface area contributed by atoms with Crippen LogP contribution in [0.4, 0.5) is 5.13 Å². The summed E-state index contributed by atoms with van der Waals surface area (Å²) >= 11 is 1.45. The number of carbonyl (C=O) groups excluding carboxylic acids is 2. The average Bonchev–Trinajstić information content (AvgIpc) is 3.25. The van der Waals surface area contributed by atoms with Crippen molar-refractivity contribution in [3.63, 3.8) is 0 Å². The number of likely N-dealkylation sites (tertiary alicyclic amines) is 2. The highest BCUT2D eigenvalue weighted by Gasteiger charge is 2.29. The number of ether oxygens (including phenoxy) is 1. The third kappa shape index (κ3) is 6.32. The van der Waals surface area contributed by atoms with E-state index in [4.69, 9.17) is 4.74 Å². The highest BCUT2D eigenvalue weighted by molar-refractivity contribution is 7.14. The number of hydrogen-bond acceptors (Lipinski definition) is 6. The Kier molecular flexibility index (Phi) is 7.98. The largest absolute Gasteiger partial charge is 0.484 e. The van der Waals surface area contributed by atoms with Crippen LogP contribution in [0, 0.1) is 0 Å². The van der Waals surface area contributed by atoms with Crippen molar-refractivity contribution in [2.75, 3.05) is 25.0 Å². The molecular weight excluding hydrogens is 436 g/mol. The quantitative estimate of drug-likeness (QED) is 0.643. The summed E-state index contributed by atoms with van der Waals surface area (Å²) in [5, 5.41) is 5.52. The van der Waals surface area contributed by atoms with Crippen molar-refractivity contribution >= 4 is 28.3 Å². The van der Waals surface area contributed by atoms with Crippen LogP contribution in [0.3, 0.4) is 0 Å². The Morgan fingerprint density at radius 2 is 1.76 bits per heavy atom. The van der Waals surface area contributed by atoms with Crippen LogP contribution in [-0.4, -0.2) is 58.4 Å². The molecule has 4 rings (SSSR count). The Balaban J connectivity index is 1.26. The zero-order chi connectivity index (χ0) is 23.2. The van der Waals surface area contributed by atoms with Crippen LogP contribution in [-0.2, 0) is 11.3 Å². The van der Waals surface area contributed by atoms with Crippen LogP contribution in [0.1, 0.15) is 68.4 Å². The Labute approximate surface area is 200 Å². The number of benzene rings is 1. The molecule has 0 aliphatic carbocycles. The minimum atomic E-state index is -0.201. The van der Waals surface area contributed by atoms with E-state index in [1.807, 2.05) is 10.3 Å². The third-order valence-electron chi connectivity index (χ3n) is 6.57. The van der Waals surface area contributed by atoms with Crippen molar-refractivity contribution in [1.82, 2.24) is 14.8 Å². The SMILES string of the molecule is CC1CCCC(C)N1C(=O)COc1ccc(C(=O)Nc2nc(CN3CCCCC3)cs2)cc1. The van der Waals surface area contributed by atoms with Gasteiger partial charge in [-0.05, 0) is 83.3 Å². The maximum absolute atomic E-state index is 12.6. The summed E-state index contributed by atoms with van der Waals surface area (Å²) in [5.74, 6) is 0.392. The summed E-state index contributed by atoms with van der Waals surface area (Å²) in [7, 11) is 0. The predicted octanol–water partition coefficient (Wildman–Crippen LogP) is 4.55. The van der Waals surface area contributed by atoms with Gasteiger partial charge in [-0.2, -0.15) is 0 Å². The normalized spacial score (nSPS) is 21.6. The second-order valence-electron chi connectivity index (χ2n) is 9.18. The number of piperidine rings is 2. The second kappa shape index (κ2) is 11.1. The minimum absolute atomic E-state index is 0.0130. The summed E-state index contributed by atoms with van der Waals surface area (Å²) in [6.07, 6.45) is 7.05. The first-order valence-corrected chi connectivity index (χ1v) is 12.9. The van der Waals surface area contributed by atoms with Crippen molar-refractivity contribution in [2.24, 2.45) is 0 Å². The molecule has 2 aliphatic heterocycles. The van der Waals surface area contributed by atoms with Gasteiger partial charge in [0.25, 0.3) is 11.8 Å². The standard InChI is InChI=1S/C25H34N4O3S/c1-18-7-6-8-19(2)29(18)23(30)16-32-22-11-9-20(10-12-22)24(31)27-25-26-21(17-33-25)15-28-13-4-3-5-14-28/h9-12,17-19H,3-8,13-16H2,1-2H3,(H,26,27,31). The smallest absolute Gasteiger partial charge is 0.260 e. The zero-order valence-electron chi connectivity index (χ0n) is 19.6. The Hall–Kier alpha value is -2.45. The van der Waals surface area contributed by atoms with Crippen LogP contribution in [0.15, 0.2) is 29.6 Å². The molecule has 2 unspecified atom stereocenters. The summed E-state index contributed by atoms with van der Waals surface area (Å²) in [5.41, 5.74) is 1.53. The summed E-state index contributed by atoms with van der Waals surface area (Å²) < 4.78 is 5.71. The van der Waals surface area contributed by atoms with Gasteiger partial charge in [0.05, 0.1) is 5.69 Å². The van der Waals surface area contributed by atoms with Crippen LogP contribution in [0.5, 0.6) is 5.75 Å². The number of rotatable bonds is 7. The fourth-order valence-electron chi connectivity index (χ4n) is 4.79. The molecule has 8 heteroatoms. The van der Waals surface area contributed by atoms with Crippen LogP contribution < -0.4 is 10.1 Å². The van der Waals surface area contributed by atoms with E-state index in [1.54, 1.807) is 24.3 Å². The van der Waals surface area contributed by atoms with Crippen molar-refractivity contribution < 1.29 is 14.3 Å². The highest BCUT2D eigenvalue weighted by atomic mass is 32.1. The van der Waals surface area contributed by atoms with Crippen molar-refractivity contribution in [2.45, 2.75) is 71.0 Å². The lowest BCUT2D eigenvalue weighted by Crippen LogP contribution is -2.49. The average molecular weight is 471 g/mol. The molecule has 1 N–H and O–H groups in total. The second-order valence-corrected chi connectivity index (χ2v) is 10.0. The minimum Gasteiger partial charge on any atom is -0.484 e. The lowest BCUT2D eigenvalue weighted by atomic mass is 9.97. The molecule has 7 nitrogen and oxygen atoms in total. The van der Waals surface area contributed by atoms with Gasteiger partial charge in [-0.15, -0.1) is 11.3 Å². The summed E-state index contributed by atoms with van der Waals surface area (Å²) in [4.78, 5) is 34.2. The molecule has 0 saturated carbocycles. The maximum Gasteiger partial charge on any atom is 0.260 e. The number of carbonyl (C=O) groups is 2. The first kappa shape index (κ1) is 23.7. The van der Waals surface area contributed by atoms with E-state index in [0.29, 0.717) is 16.4 Å². The molecule has 2 aromatic rings. The van der Waals surface area contributed by atoms with Gasteiger partial charge in [-0.3, -0.25) is 19.8 Å². The molecule has 3 heterocycles. The molecule has 33 heavy (non-hydrogen) atoms. The van der Waals surface area contributed by atoms with E-state index in [2.05, 4.69) is 29.0 Å². The monoisotopic (exact) mass is 470 g/mol. The topological polar surface area (TPSA) is 74.8 Å². The molecule has 0 bridgehead atoms. The van der Waals surface area contributed by atoms with Gasteiger partial charge < -0.3 is 9.64 Å². The van der Waals surface area contributed by atoms with Gasteiger partial charge in [-0.25, -0.2) is 4.98 Å². The zero-order valence-corrected chi connectivity index (χ0v) is 20.4. The molecule has 0 spiro atoms. The molecule has 0 radical (unpaired) electrons. The van der Waals surface area contributed by atoms with E-state index in [1.165, 1.54) is 30.6 Å². The van der Waals surface area contributed by atoms with E-state index in [-0.39, 0.29) is 30.5 Å². The number of nitrogens with one attached hydrogen (secondary N) is 1. The first-order valence-electron chi connectivity index (χ1n) is 12.0. The number of hydrogen-bond donors (Lipinski definition) is 1. The lowest BCUT2D eigenvalue weighted by Gasteiger charge is -2.38. The lowest BCUT2D eigenvalue weighted by molar-refractivity contribution is -0.139. The van der Waals surface area contributed by atoms with Crippen molar-refractivity contribution in [3.8, 4) is 5.75 Å². The van der Waals surface area contributed by atoms with Crippen LogP contribution in [0.25, 0.3) is 0 Å². The molecule has 178 valence electrons. The molecule has 2 atom stereocenters. The first-order chi connectivity index (χ1) is 16.0. The fraction of sp³-hybridized carbons (Fsp3) is 0.560. The molecule has 2 fully saturated rings. The van der Waals surface area contributed by atoms with E-state index >= 15 is 0 Å². The van der Waals surface area contributed by atoms with Crippen LogP contribution >= 0.6 is 11.3 Å². The van der Waals surface area contributed by atoms with Gasteiger partial charge in [0, 0.05) is 29.6 Å². The molecule has 1 aromatic carbocycles. The number of nitrogens with zero attached hydrogens (tertiary/aromatic N) is 3. The van der Waals surface area contributed by atoms with Gasteiger partial charge in [0.1, 0.15) is 5.75 Å². The van der Waals surface area contributed by atoms with E-state index < -0.39 is 0 Å². The van der Waals surface area contributed by atoms with Crippen LogP contribution in [0.2, 0.25) is 0 Å². The molecule has 2 amide bonds. The third-order valence-corrected chi connectivity index (χ3v) is 7.37. The van der Waals surface area contributed by atoms with Gasteiger partial charge >= 0.3 is 0 Å². The van der Waals surface area contributed by atoms with Gasteiger partial charge in [0.2, 0.25) is 0 Å². The van der Waals surface area contributed by atoms with E-state index in [0.717, 1.165) is 44.6 Å². The van der Waals surface area contributed by atoms with Gasteiger partial charge in [0.15, 0.2) is 11.7 Å². The van der Waals surface area contributed by atoms with Gasteiger partial charge in [-0.1, -0.05) is 6.42 Å². The number of aromatic nitrogens is 1. The van der Waals surface area contributed by atoms with E-state index in [9.17, 15) is 9.59 Å². The Morgan fingerprint density at radius 1 is 1.06 bits per heavy atom. The molecule has 1 aromatic heterocycles. The Bertz CT molecular complexity index is 929.